The van der Waals surface area contributed by atoms with E-state index < -0.39 is 21.5 Å². The van der Waals surface area contributed by atoms with E-state index in [1.54, 1.807) is 42.0 Å². The Labute approximate surface area is 223 Å². The number of para-hydroxylation sites is 1. The summed E-state index contributed by atoms with van der Waals surface area (Å²) in [5.74, 6) is -0.0650. The number of aromatic nitrogens is 2. The van der Waals surface area contributed by atoms with Gasteiger partial charge in [-0.2, -0.15) is 21.6 Å². The van der Waals surface area contributed by atoms with Gasteiger partial charge in [0, 0.05) is 23.2 Å². The number of alkyl halides is 3. The summed E-state index contributed by atoms with van der Waals surface area (Å²) in [4.78, 5) is 17.0. The van der Waals surface area contributed by atoms with Gasteiger partial charge in [-0.1, -0.05) is 42.5 Å². The van der Waals surface area contributed by atoms with E-state index in [0.29, 0.717) is 29.2 Å². The van der Waals surface area contributed by atoms with Crippen LogP contribution in [-0.2, 0) is 21.3 Å². The van der Waals surface area contributed by atoms with Crippen LogP contribution in [-0.4, -0.2) is 36.1 Å². The third-order valence-corrected chi connectivity index (χ3v) is 7.76. The maximum atomic E-state index is 12.9. The molecule has 1 aliphatic rings. The van der Waals surface area contributed by atoms with Crippen LogP contribution in [0, 0.1) is 6.92 Å². The molecule has 11 heteroatoms. The van der Waals surface area contributed by atoms with Crippen LogP contribution in [0.15, 0.2) is 60.7 Å². The van der Waals surface area contributed by atoms with Gasteiger partial charge in [0.25, 0.3) is 0 Å². The number of nitrogens with zero attached hydrogens (tertiary/aromatic N) is 2. The Morgan fingerprint density at radius 1 is 1.10 bits per heavy atom. The molecule has 0 aliphatic heterocycles. The van der Waals surface area contributed by atoms with Gasteiger partial charge in [-0.15, -0.1) is 0 Å². The number of halogens is 3. The van der Waals surface area contributed by atoms with Gasteiger partial charge in [0.2, 0.25) is 0 Å². The first-order chi connectivity index (χ1) is 18.5. The highest BCUT2D eigenvalue weighted by Crippen LogP contribution is 2.43. The minimum absolute atomic E-state index is 0.166. The molecular formula is C28H26F3N3O4S. The van der Waals surface area contributed by atoms with Crippen LogP contribution in [0.2, 0.25) is 0 Å². The highest BCUT2D eigenvalue weighted by Gasteiger charge is 2.46. The van der Waals surface area contributed by atoms with Gasteiger partial charge in [0.05, 0.1) is 12.3 Å². The minimum Gasteiger partial charge on any atom is -0.461 e. The molecule has 0 bridgehead atoms. The maximum absolute atomic E-state index is 12.9. The first-order valence-electron chi connectivity index (χ1n) is 12.4. The summed E-state index contributed by atoms with van der Waals surface area (Å²) in [6.07, 6.45) is 2.15. The predicted octanol–water partition coefficient (Wildman–Crippen LogP) is 6.38. The zero-order valence-corrected chi connectivity index (χ0v) is 22.1. The fourth-order valence-electron chi connectivity index (χ4n) is 4.59. The van der Waals surface area contributed by atoms with Crippen molar-refractivity contribution in [2.45, 2.75) is 44.7 Å². The van der Waals surface area contributed by atoms with Crippen molar-refractivity contribution in [3.05, 3.63) is 83.2 Å². The number of ether oxygens (including phenoxy) is 1. The summed E-state index contributed by atoms with van der Waals surface area (Å²) in [7, 11) is -5.56. The predicted molar refractivity (Wildman–Crippen MR) is 142 cm³/mol. The largest absolute Gasteiger partial charge is 0.516 e. The van der Waals surface area contributed by atoms with Crippen molar-refractivity contribution in [3.63, 3.8) is 0 Å². The second-order valence-corrected chi connectivity index (χ2v) is 11.2. The van der Waals surface area contributed by atoms with Gasteiger partial charge in [-0.25, -0.2) is 9.78 Å². The topological polar surface area (TPSA) is 90.3 Å². The number of esters is 1. The Kier molecular flexibility index (Phi) is 6.88. The molecule has 2 heterocycles. The summed E-state index contributed by atoms with van der Waals surface area (Å²) in [6.45, 7) is 4.40. The number of aryl methyl sites for hydroxylation is 1. The molecule has 0 amide bonds. The lowest BCUT2D eigenvalue weighted by atomic mass is 10.0. The van der Waals surface area contributed by atoms with Crippen molar-refractivity contribution < 1.29 is 31.1 Å². The number of benzene rings is 2. The van der Waals surface area contributed by atoms with Gasteiger partial charge in [-0.3, -0.25) is 4.72 Å². The van der Waals surface area contributed by atoms with E-state index in [9.17, 15) is 26.4 Å². The highest BCUT2D eigenvalue weighted by molar-refractivity contribution is 7.93. The molecule has 0 spiro atoms. The summed E-state index contributed by atoms with van der Waals surface area (Å²) < 4.78 is 71.1. The first-order valence-corrected chi connectivity index (χ1v) is 13.9. The molecule has 1 saturated carbocycles. The Hall–Kier alpha value is -3.86. The molecule has 204 valence electrons. The molecule has 0 unspecified atom stereocenters. The lowest BCUT2D eigenvalue weighted by Gasteiger charge is -2.15. The van der Waals surface area contributed by atoms with E-state index in [1.807, 2.05) is 19.1 Å². The van der Waals surface area contributed by atoms with Gasteiger partial charge in [-0.05, 0) is 67.5 Å². The number of pyridine rings is 1. The standard InChI is InChI=1S/C28H26F3N3O4S/c1-3-38-27(35)24-14-17(2)22-15-25(20-12-13-20)34(26(22)32-24)16-18-8-10-19(11-9-18)21-6-4-5-7-23(21)33-39(36,37)28(29,30)31/h4-11,14-15,20,33H,3,12-13,16H2,1-2H3. The number of sulfonamides is 1. The van der Waals surface area contributed by atoms with E-state index in [-0.39, 0.29) is 18.0 Å². The smallest absolute Gasteiger partial charge is 0.461 e. The van der Waals surface area contributed by atoms with Crippen molar-refractivity contribution in [1.29, 1.82) is 0 Å². The Bertz CT molecular complexity index is 1660. The number of carbonyl (C=O) groups excluding carboxylic acids is 1. The van der Waals surface area contributed by atoms with Gasteiger partial charge >= 0.3 is 21.5 Å². The van der Waals surface area contributed by atoms with E-state index in [1.165, 1.54) is 12.1 Å². The second-order valence-electron chi connectivity index (χ2n) is 9.51. The van der Waals surface area contributed by atoms with Crippen molar-refractivity contribution in [1.82, 2.24) is 9.55 Å². The SMILES string of the molecule is CCOC(=O)c1cc(C)c2cc(C3CC3)n(Cc3ccc(-c4ccccc4NS(=O)(=O)C(F)(F)F)cc3)c2n1. The lowest BCUT2D eigenvalue weighted by molar-refractivity contribution is -0.0429. The van der Waals surface area contributed by atoms with Crippen LogP contribution >= 0.6 is 0 Å². The third kappa shape index (κ3) is 5.36. The molecule has 1 N–H and O–H groups in total. The summed E-state index contributed by atoms with van der Waals surface area (Å²) >= 11 is 0. The molecule has 39 heavy (non-hydrogen) atoms. The second kappa shape index (κ2) is 10.0. The number of hydrogen-bond acceptors (Lipinski definition) is 5. The summed E-state index contributed by atoms with van der Waals surface area (Å²) in [5, 5.41) is 0.965. The average molecular weight is 558 g/mol. The van der Waals surface area contributed by atoms with E-state index >= 15 is 0 Å². The van der Waals surface area contributed by atoms with Crippen LogP contribution in [0.3, 0.4) is 0 Å². The van der Waals surface area contributed by atoms with Gasteiger partial charge in [0.15, 0.2) is 5.69 Å². The fraction of sp³-hybridized carbons (Fsp3) is 0.286. The van der Waals surface area contributed by atoms with Crippen LogP contribution in [0.25, 0.3) is 22.2 Å². The molecule has 1 aliphatic carbocycles. The van der Waals surface area contributed by atoms with Gasteiger partial charge in [0.1, 0.15) is 5.65 Å². The molecule has 2 aromatic carbocycles. The number of hydrogen-bond donors (Lipinski definition) is 1. The van der Waals surface area contributed by atoms with Crippen LogP contribution < -0.4 is 4.72 Å². The Morgan fingerprint density at radius 2 is 1.79 bits per heavy atom. The Balaban J connectivity index is 1.48. The number of rotatable bonds is 8. The molecule has 2 aromatic heterocycles. The van der Waals surface area contributed by atoms with E-state index in [2.05, 4.69) is 15.6 Å². The van der Waals surface area contributed by atoms with Crippen molar-refractivity contribution in [2.75, 3.05) is 11.3 Å². The Morgan fingerprint density at radius 3 is 2.44 bits per heavy atom. The minimum atomic E-state index is -5.56. The first kappa shape index (κ1) is 26.7. The highest BCUT2D eigenvalue weighted by atomic mass is 32.2. The van der Waals surface area contributed by atoms with Crippen LogP contribution in [0.1, 0.15) is 53.0 Å². The molecule has 0 saturated heterocycles. The van der Waals surface area contributed by atoms with Crippen molar-refractivity contribution in [3.8, 4) is 11.1 Å². The molecule has 0 radical (unpaired) electrons. The zero-order valence-electron chi connectivity index (χ0n) is 21.2. The molecule has 4 aromatic rings. The van der Waals surface area contributed by atoms with Crippen LogP contribution in [0.4, 0.5) is 18.9 Å². The summed E-state index contributed by atoms with van der Waals surface area (Å²) in [5.41, 5.74) is -0.811. The zero-order chi connectivity index (χ0) is 27.9. The molecule has 5 rings (SSSR count). The maximum Gasteiger partial charge on any atom is 0.516 e. The van der Waals surface area contributed by atoms with E-state index in [0.717, 1.165) is 35.0 Å². The molecule has 7 nitrogen and oxygen atoms in total. The molecule has 1 fully saturated rings. The number of fused-ring (bicyclic) bond motifs is 1. The number of nitrogens with one attached hydrogen (secondary N) is 1. The normalized spacial score (nSPS) is 14.0. The average Bonchev–Trinajstić information content (AvgIpc) is 3.66. The van der Waals surface area contributed by atoms with Crippen molar-refractivity contribution in [2.24, 2.45) is 0 Å². The monoisotopic (exact) mass is 557 g/mol. The van der Waals surface area contributed by atoms with Crippen LogP contribution in [0.5, 0.6) is 0 Å². The quantitative estimate of drug-likeness (QED) is 0.254. The molecular weight excluding hydrogens is 531 g/mol. The fourth-order valence-corrected chi connectivity index (χ4v) is 5.17. The molecule has 0 atom stereocenters. The van der Waals surface area contributed by atoms with Crippen molar-refractivity contribution >= 4 is 32.7 Å². The number of carbonyl (C=O) groups is 1. The third-order valence-electron chi connectivity index (χ3n) is 6.67. The van der Waals surface area contributed by atoms with Gasteiger partial charge < -0.3 is 9.30 Å². The van der Waals surface area contributed by atoms with E-state index in [4.69, 9.17) is 4.74 Å². The summed E-state index contributed by atoms with van der Waals surface area (Å²) in [6, 6.07) is 16.9. The lowest BCUT2D eigenvalue weighted by Crippen LogP contribution is -2.30. The number of anilines is 1.